The second-order valence-electron chi connectivity index (χ2n) is 4.93. The van der Waals surface area contributed by atoms with Gasteiger partial charge in [0.25, 0.3) is 0 Å². The molecule has 1 heterocycles. The van der Waals surface area contributed by atoms with E-state index >= 15 is 0 Å². The third-order valence-electron chi connectivity index (χ3n) is 4.11. The Morgan fingerprint density at radius 3 is 2.41 bits per heavy atom. The number of likely N-dealkylation sites (tertiary alicyclic amines) is 1. The fraction of sp³-hybridized carbons (Fsp3) is 0.533. The van der Waals surface area contributed by atoms with Crippen molar-refractivity contribution in [2.75, 3.05) is 13.6 Å². The van der Waals surface area contributed by atoms with Crippen molar-refractivity contribution in [2.45, 2.75) is 33.1 Å². The summed E-state index contributed by atoms with van der Waals surface area (Å²) < 4.78 is 0. The molecule has 0 radical (unpaired) electrons. The van der Waals surface area contributed by atoms with Crippen molar-refractivity contribution in [1.82, 2.24) is 4.90 Å². The topological polar surface area (TPSA) is 15.6 Å². The van der Waals surface area contributed by atoms with Crippen LogP contribution in [0, 0.1) is 5.41 Å². The van der Waals surface area contributed by atoms with E-state index in [2.05, 4.69) is 37.9 Å². The van der Waals surface area contributed by atoms with Crippen LogP contribution in [-0.4, -0.2) is 24.3 Å². The second-order valence-corrected chi connectivity index (χ2v) is 4.93. The lowest BCUT2D eigenvalue weighted by atomic mass is 9.80. The minimum Gasteiger partial charge on any atom is -0.363 e. The molecule has 0 bridgehead atoms. The summed E-state index contributed by atoms with van der Waals surface area (Å²) in [6.07, 6.45) is 3.60. The average Bonchev–Trinajstić information content (AvgIpc) is 2.69. The van der Waals surface area contributed by atoms with Crippen LogP contribution in [0.25, 0.3) is 0 Å². The standard InChI is InChI=1S/C15H22N2/c1-4-15(5-2)11-12-17(3)14(15)16-13-9-7-6-8-10-13/h6-10H,4-5,11-12H2,1-3H3. The van der Waals surface area contributed by atoms with Crippen LogP contribution < -0.4 is 0 Å². The van der Waals surface area contributed by atoms with E-state index in [-0.39, 0.29) is 0 Å². The first kappa shape index (κ1) is 12.2. The molecule has 0 saturated carbocycles. The lowest BCUT2D eigenvalue weighted by molar-refractivity contribution is 0.391. The molecule has 2 heteroatoms. The van der Waals surface area contributed by atoms with Gasteiger partial charge in [0, 0.05) is 19.0 Å². The zero-order valence-corrected chi connectivity index (χ0v) is 11.1. The van der Waals surface area contributed by atoms with Crippen LogP contribution in [0.15, 0.2) is 35.3 Å². The zero-order valence-electron chi connectivity index (χ0n) is 11.1. The lowest BCUT2D eigenvalue weighted by Crippen LogP contribution is -2.31. The van der Waals surface area contributed by atoms with Gasteiger partial charge in [-0.3, -0.25) is 0 Å². The number of hydrogen-bond donors (Lipinski definition) is 0. The number of hydrogen-bond acceptors (Lipinski definition) is 1. The highest BCUT2D eigenvalue weighted by Gasteiger charge is 2.39. The highest BCUT2D eigenvalue weighted by atomic mass is 15.2. The van der Waals surface area contributed by atoms with Gasteiger partial charge in [0.15, 0.2) is 0 Å². The summed E-state index contributed by atoms with van der Waals surface area (Å²) >= 11 is 0. The molecule has 0 atom stereocenters. The quantitative estimate of drug-likeness (QED) is 0.770. The Morgan fingerprint density at radius 1 is 1.18 bits per heavy atom. The van der Waals surface area contributed by atoms with Gasteiger partial charge in [-0.25, -0.2) is 4.99 Å². The molecule has 0 aromatic heterocycles. The first-order valence-electron chi connectivity index (χ1n) is 6.57. The molecular formula is C15H22N2. The lowest BCUT2D eigenvalue weighted by Gasteiger charge is -2.28. The smallest absolute Gasteiger partial charge is 0.111 e. The normalized spacial score (nSPS) is 21.1. The van der Waals surface area contributed by atoms with Crippen molar-refractivity contribution in [1.29, 1.82) is 0 Å². The van der Waals surface area contributed by atoms with E-state index in [1.165, 1.54) is 25.1 Å². The largest absolute Gasteiger partial charge is 0.363 e. The molecule has 17 heavy (non-hydrogen) atoms. The minimum atomic E-state index is 0.296. The van der Waals surface area contributed by atoms with Gasteiger partial charge in [0.05, 0.1) is 5.69 Å². The summed E-state index contributed by atoms with van der Waals surface area (Å²) in [7, 11) is 2.16. The number of benzene rings is 1. The summed E-state index contributed by atoms with van der Waals surface area (Å²) in [6.45, 7) is 5.69. The number of amidine groups is 1. The first-order valence-corrected chi connectivity index (χ1v) is 6.57. The summed E-state index contributed by atoms with van der Waals surface area (Å²) in [6, 6.07) is 10.3. The Kier molecular flexibility index (Phi) is 3.51. The van der Waals surface area contributed by atoms with Crippen LogP contribution in [0.1, 0.15) is 33.1 Å². The Labute approximate surface area is 104 Å². The predicted octanol–water partition coefficient (Wildman–Crippen LogP) is 3.86. The molecule has 2 rings (SSSR count). The van der Waals surface area contributed by atoms with E-state index in [0.29, 0.717) is 5.41 Å². The molecule has 0 unspecified atom stereocenters. The van der Waals surface area contributed by atoms with Gasteiger partial charge in [-0.2, -0.15) is 0 Å². The molecule has 1 aliphatic heterocycles. The third-order valence-corrected chi connectivity index (χ3v) is 4.11. The molecule has 1 aromatic rings. The maximum absolute atomic E-state index is 4.88. The van der Waals surface area contributed by atoms with Crippen LogP contribution in [0.4, 0.5) is 5.69 Å². The van der Waals surface area contributed by atoms with Crippen LogP contribution in [0.5, 0.6) is 0 Å². The van der Waals surface area contributed by atoms with Gasteiger partial charge in [-0.05, 0) is 31.4 Å². The van der Waals surface area contributed by atoms with E-state index in [0.717, 1.165) is 12.2 Å². The van der Waals surface area contributed by atoms with Crippen LogP contribution in [-0.2, 0) is 0 Å². The fourth-order valence-electron chi connectivity index (χ4n) is 2.75. The Bertz CT molecular complexity index is 391. The highest BCUT2D eigenvalue weighted by molar-refractivity contribution is 5.91. The maximum atomic E-state index is 4.88. The molecule has 1 aromatic carbocycles. The number of para-hydroxylation sites is 1. The fourth-order valence-corrected chi connectivity index (χ4v) is 2.75. The summed E-state index contributed by atoms with van der Waals surface area (Å²) in [5.41, 5.74) is 1.37. The maximum Gasteiger partial charge on any atom is 0.111 e. The van der Waals surface area contributed by atoms with Gasteiger partial charge in [-0.15, -0.1) is 0 Å². The Morgan fingerprint density at radius 2 is 1.82 bits per heavy atom. The van der Waals surface area contributed by atoms with Gasteiger partial charge in [0.2, 0.25) is 0 Å². The molecule has 0 amide bonds. The minimum absolute atomic E-state index is 0.296. The first-order chi connectivity index (χ1) is 8.22. The Balaban J connectivity index is 2.37. The van der Waals surface area contributed by atoms with E-state index < -0.39 is 0 Å². The predicted molar refractivity (Wildman–Crippen MR) is 73.8 cm³/mol. The number of aliphatic imine (C=N–C) groups is 1. The molecule has 1 fully saturated rings. The van der Waals surface area contributed by atoms with E-state index in [1.54, 1.807) is 0 Å². The number of rotatable bonds is 3. The van der Waals surface area contributed by atoms with E-state index in [1.807, 2.05) is 18.2 Å². The summed E-state index contributed by atoms with van der Waals surface area (Å²) in [5.74, 6) is 1.27. The van der Waals surface area contributed by atoms with Crippen LogP contribution in [0.2, 0.25) is 0 Å². The van der Waals surface area contributed by atoms with Gasteiger partial charge < -0.3 is 4.90 Å². The zero-order chi connectivity index (χ0) is 12.3. The van der Waals surface area contributed by atoms with E-state index in [9.17, 15) is 0 Å². The highest BCUT2D eigenvalue weighted by Crippen LogP contribution is 2.39. The number of nitrogens with zero attached hydrogens (tertiary/aromatic N) is 2. The third kappa shape index (κ3) is 2.21. The molecule has 0 spiro atoms. The average molecular weight is 230 g/mol. The molecule has 1 aliphatic rings. The van der Waals surface area contributed by atoms with Crippen LogP contribution >= 0.6 is 0 Å². The molecule has 2 nitrogen and oxygen atoms in total. The molecular weight excluding hydrogens is 208 g/mol. The Hall–Kier alpha value is -1.31. The van der Waals surface area contributed by atoms with Crippen molar-refractivity contribution in [3.63, 3.8) is 0 Å². The van der Waals surface area contributed by atoms with Crippen molar-refractivity contribution in [2.24, 2.45) is 10.4 Å². The van der Waals surface area contributed by atoms with Crippen LogP contribution in [0.3, 0.4) is 0 Å². The SMILES string of the molecule is CCC1(CC)CCN(C)C1=Nc1ccccc1. The van der Waals surface area contributed by atoms with Gasteiger partial charge >= 0.3 is 0 Å². The monoisotopic (exact) mass is 230 g/mol. The summed E-state index contributed by atoms with van der Waals surface area (Å²) in [5, 5.41) is 0. The van der Waals surface area contributed by atoms with Crippen molar-refractivity contribution in [3.05, 3.63) is 30.3 Å². The summed E-state index contributed by atoms with van der Waals surface area (Å²) in [4.78, 5) is 7.20. The van der Waals surface area contributed by atoms with E-state index in [4.69, 9.17) is 4.99 Å². The molecule has 0 aliphatic carbocycles. The van der Waals surface area contributed by atoms with Gasteiger partial charge in [-0.1, -0.05) is 32.0 Å². The second kappa shape index (κ2) is 4.91. The van der Waals surface area contributed by atoms with Crippen molar-refractivity contribution in [3.8, 4) is 0 Å². The molecule has 1 saturated heterocycles. The molecule has 0 N–H and O–H groups in total. The van der Waals surface area contributed by atoms with Gasteiger partial charge in [0.1, 0.15) is 5.84 Å². The van der Waals surface area contributed by atoms with Crippen molar-refractivity contribution >= 4 is 11.5 Å². The molecule has 92 valence electrons. The van der Waals surface area contributed by atoms with Crippen molar-refractivity contribution < 1.29 is 0 Å².